The molecule has 1 saturated heterocycles. The Labute approximate surface area is 117 Å². The van der Waals surface area contributed by atoms with Gasteiger partial charge in [-0.25, -0.2) is 0 Å². The van der Waals surface area contributed by atoms with E-state index in [2.05, 4.69) is 48.3 Å². The van der Waals surface area contributed by atoms with Crippen molar-refractivity contribution in [2.45, 2.75) is 46.2 Å². The van der Waals surface area contributed by atoms with Crippen molar-refractivity contribution in [1.29, 1.82) is 0 Å². The zero-order valence-electron chi connectivity index (χ0n) is 12.6. The van der Waals surface area contributed by atoms with Crippen molar-refractivity contribution in [3.63, 3.8) is 0 Å². The van der Waals surface area contributed by atoms with E-state index in [9.17, 15) is 0 Å². The first-order valence-electron chi connectivity index (χ1n) is 7.66. The van der Waals surface area contributed by atoms with E-state index in [1.807, 2.05) is 4.68 Å². The van der Waals surface area contributed by atoms with Gasteiger partial charge >= 0.3 is 0 Å². The average molecular weight is 264 g/mol. The van der Waals surface area contributed by atoms with Crippen molar-refractivity contribution in [2.24, 2.45) is 5.92 Å². The van der Waals surface area contributed by atoms with Crippen LogP contribution in [0.1, 0.15) is 45.3 Å². The standard InChI is InChI=1S/C15H28N4/c1-4-18(11-14-6-5-8-16-10-14)12-15-7-9-19(17-15)13(2)3/h7,9,13-14,16H,4-6,8,10-12H2,1-3H3. The highest BCUT2D eigenvalue weighted by molar-refractivity contribution is 4.99. The first kappa shape index (κ1) is 14.5. The molecule has 0 radical (unpaired) electrons. The zero-order chi connectivity index (χ0) is 13.7. The molecule has 19 heavy (non-hydrogen) atoms. The predicted molar refractivity (Wildman–Crippen MR) is 79.2 cm³/mol. The van der Waals surface area contributed by atoms with Crippen LogP contribution >= 0.6 is 0 Å². The molecule has 1 unspecified atom stereocenters. The molecule has 1 fully saturated rings. The van der Waals surface area contributed by atoms with Crippen LogP contribution in [0.15, 0.2) is 12.3 Å². The number of rotatable bonds is 6. The van der Waals surface area contributed by atoms with E-state index in [4.69, 9.17) is 0 Å². The van der Waals surface area contributed by atoms with E-state index in [-0.39, 0.29) is 0 Å². The van der Waals surface area contributed by atoms with Crippen molar-refractivity contribution in [1.82, 2.24) is 20.0 Å². The van der Waals surface area contributed by atoms with Crippen LogP contribution < -0.4 is 5.32 Å². The molecule has 1 atom stereocenters. The van der Waals surface area contributed by atoms with Crippen LogP contribution in [0.2, 0.25) is 0 Å². The lowest BCUT2D eigenvalue weighted by Gasteiger charge is -2.28. The summed E-state index contributed by atoms with van der Waals surface area (Å²) < 4.78 is 2.05. The van der Waals surface area contributed by atoms with Gasteiger partial charge in [0.05, 0.1) is 5.69 Å². The van der Waals surface area contributed by atoms with E-state index in [0.29, 0.717) is 6.04 Å². The van der Waals surface area contributed by atoms with Crippen molar-refractivity contribution in [3.8, 4) is 0 Å². The summed E-state index contributed by atoms with van der Waals surface area (Å²) in [5.41, 5.74) is 1.19. The third kappa shape index (κ3) is 4.32. The second kappa shape index (κ2) is 7.06. The van der Waals surface area contributed by atoms with Gasteiger partial charge in [-0.05, 0) is 58.3 Å². The van der Waals surface area contributed by atoms with Gasteiger partial charge in [-0.3, -0.25) is 9.58 Å². The van der Waals surface area contributed by atoms with Crippen LogP contribution in [0.25, 0.3) is 0 Å². The van der Waals surface area contributed by atoms with E-state index in [1.54, 1.807) is 0 Å². The Morgan fingerprint density at radius 1 is 1.53 bits per heavy atom. The maximum absolute atomic E-state index is 4.65. The molecule has 1 aliphatic rings. The molecule has 0 aromatic carbocycles. The highest BCUT2D eigenvalue weighted by Crippen LogP contribution is 2.14. The van der Waals surface area contributed by atoms with Crippen molar-refractivity contribution in [2.75, 3.05) is 26.2 Å². The Morgan fingerprint density at radius 3 is 2.95 bits per heavy atom. The highest BCUT2D eigenvalue weighted by Gasteiger charge is 2.17. The topological polar surface area (TPSA) is 33.1 Å². The molecule has 4 heteroatoms. The normalized spacial score (nSPS) is 20.4. The Balaban J connectivity index is 1.86. The summed E-state index contributed by atoms with van der Waals surface area (Å²) in [5.74, 6) is 0.806. The van der Waals surface area contributed by atoms with Crippen molar-refractivity contribution in [3.05, 3.63) is 18.0 Å². The van der Waals surface area contributed by atoms with Gasteiger partial charge in [-0.1, -0.05) is 6.92 Å². The van der Waals surface area contributed by atoms with Crippen LogP contribution in [0.4, 0.5) is 0 Å². The Hall–Kier alpha value is -0.870. The SMILES string of the molecule is CCN(Cc1ccn(C(C)C)n1)CC1CCCNC1. The number of hydrogen-bond acceptors (Lipinski definition) is 3. The average Bonchev–Trinajstić information content (AvgIpc) is 2.88. The smallest absolute Gasteiger partial charge is 0.0764 e. The first-order valence-corrected chi connectivity index (χ1v) is 7.66. The van der Waals surface area contributed by atoms with Crippen molar-refractivity contribution >= 4 is 0 Å². The molecular weight excluding hydrogens is 236 g/mol. The molecule has 0 bridgehead atoms. The number of hydrogen-bond donors (Lipinski definition) is 1. The molecule has 1 aliphatic heterocycles. The molecule has 2 rings (SSSR count). The van der Waals surface area contributed by atoms with Gasteiger partial charge in [0.15, 0.2) is 0 Å². The number of aromatic nitrogens is 2. The van der Waals surface area contributed by atoms with Gasteiger partial charge in [-0.2, -0.15) is 5.10 Å². The van der Waals surface area contributed by atoms with Crippen LogP contribution in [0.3, 0.4) is 0 Å². The van der Waals surface area contributed by atoms with Gasteiger partial charge in [0.25, 0.3) is 0 Å². The zero-order valence-corrected chi connectivity index (χ0v) is 12.6. The van der Waals surface area contributed by atoms with Crippen LogP contribution in [0.5, 0.6) is 0 Å². The van der Waals surface area contributed by atoms with E-state index in [1.165, 1.54) is 38.2 Å². The Morgan fingerprint density at radius 2 is 2.37 bits per heavy atom. The molecule has 4 nitrogen and oxygen atoms in total. The summed E-state index contributed by atoms with van der Waals surface area (Å²) in [7, 11) is 0. The molecule has 1 N–H and O–H groups in total. The van der Waals surface area contributed by atoms with Crippen molar-refractivity contribution < 1.29 is 0 Å². The predicted octanol–water partition coefficient (Wildman–Crippen LogP) is 2.29. The Kier molecular flexibility index (Phi) is 5.40. The minimum atomic E-state index is 0.450. The first-order chi connectivity index (χ1) is 9.19. The molecule has 108 valence electrons. The van der Waals surface area contributed by atoms with Gasteiger partial charge in [0.1, 0.15) is 0 Å². The largest absolute Gasteiger partial charge is 0.316 e. The number of nitrogens with one attached hydrogen (secondary N) is 1. The molecule has 0 spiro atoms. The third-order valence-electron chi connectivity index (χ3n) is 3.94. The molecule has 0 amide bonds. The molecule has 0 saturated carbocycles. The third-order valence-corrected chi connectivity index (χ3v) is 3.94. The second-order valence-electron chi connectivity index (χ2n) is 5.92. The molecule has 2 heterocycles. The molecular formula is C15H28N4. The summed E-state index contributed by atoms with van der Waals surface area (Å²) in [6, 6.07) is 2.60. The summed E-state index contributed by atoms with van der Waals surface area (Å²) in [4.78, 5) is 2.52. The maximum atomic E-state index is 4.65. The van der Waals surface area contributed by atoms with Crippen LogP contribution in [-0.2, 0) is 6.54 Å². The fourth-order valence-corrected chi connectivity index (χ4v) is 2.73. The summed E-state index contributed by atoms with van der Waals surface area (Å²) >= 11 is 0. The minimum absolute atomic E-state index is 0.450. The molecule has 1 aromatic heterocycles. The lowest BCUT2D eigenvalue weighted by Crippen LogP contribution is -2.38. The number of piperidine rings is 1. The van der Waals surface area contributed by atoms with Crippen LogP contribution in [-0.4, -0.2) is 40.9 Å². The maximum Gasteiger partial charge on any atom is 0.0764 e. The fraction of sp³-hybridized carbons (Fsp3) is 0.800. The lowest BCUT2D eigenvalue weighted by molar-refractivity contribution is 0.207. The molecule has 1 aromatic rings. The van der Waals surface area contributed by atoms with Gasteiger partial charge in [-0.15, -0.1) is 0 Å². The summed E-state index contributed by atoms with van der Waals surface area (Å²) in [6.07, 6.45) is 4.78. The quantitative estimate of drug-likeness (QED) is 0.856. The summed E-state index contributed by atoms with van der Waals surface area (Å²) in [5, 5.41) is 8.15. The molecule has 0 aliphatic carbocycles. The van der Waals surface area contributed by atoms with Gasteiger partial charge in [0, 0.05) is 25.3 Å². The monoisotopic (exact) mass is 264 g/mol. The Bertz CT molecular complexity index is 366. The van der Waals surface area contributed by atoms with E-state index in [0.717, 1.165) is 19.0 Å². The van der Waals surface area contributed by atoms with Gasteiger partial charge in [0.2, 0.25) is 0 Å². The minimum Gasteiger partial charge on any atom is -0.316 e. The van der Waals surface area contributed by atoms with E-state index >= 15 is 0 Å². The summed E-state index contributed by atoms with van der Waals surface area (Å²) in [6.45, 7) is 12.2. The fourth-order valence-electron chi connectivity index (χ4n) is 2.73. The lowest BCUT2D eigenvalue weighted by atomic mass is 9.99. The second-order valence-corrected chi connectivity index (χ2v) is 5.92. The highest BCUT2D eigenvalue weighted by atomic mass is 15.3. The van der Waals surface area contributed by atoms with Crippen LogP contribution in [0, 0.1) is 5.92 Å². The van der Waals surface area contributed by atoms with Gasteiger partial charge < -0.3 is 5.32 Å². The number of nitrogens with zero attached hydrogens (tertiary/aromatic N) is 3. The van der Waals surface area contributed by atoms with E-state index < -0.39 is 0 Å².